The van der Waals surface area contributed by atoms with Crippen LogP contribution in [0, 0.1) is 0 Å². The van der Waals surface area contributed by atoms with Crippen molar-refractivity contribution >= 4 is 30.4 Å². The Balaban J connectivity index is 1.53. The van der Waals surface area contributed by atoms with Gasteiger partial charge in [0, 0.05) is 26.0 Å². The number of nitrogens with two attached hydrogens (primary N) is 1. The summed E-state index contributed by atoms with van der Waals surface area (Å²) in [7, 11) is -5.27. The van der Waals surface area contributed by atoms with Gasteiger partial charge in [0.25, 0.3) is 0 Å². The summed E-state index contributed by atoms with van der Waals surface area (Å²) in [5.41, 5.74) is 1.29. The standard InChI is InChI=1S/C27H41N5O7SSi/c1-26(2,3)41(5,6)39-27(16-32(25(33)34)40(28,35)36)12-11-19(15-27)38-23-14-22(29-17-30-23)31-24-20-10-8-7-9-18(20)13-21(24)37-4/h7-10,14,17,19,21,24H,11-13,15-16H2,1-6H3,(H,33,34)(H2,28,35,36)(H,29,30,31)/t19?,21-,24+,27?/m0/s1. The van der Waals surface area contributed by atoms with Crippen molar-refractivity contribution in [2.75, 3.05) is 19.0 Å². The van der Waals surface area contributed by atoms with E-state index in [9.17, 15) is 18.3 Å². The number of amides is 1. The van der Waals surface area contributed by atoms with Crippen LogP contribution >= 0.6 is 0 Å². The molecule has 2 aliphatic carbocycles. The summed E-state index contributed by atoms with van der Waals surface area (Å²) in [5, 5.41) is 18.2. The number of nitrogens with zero attached hydrogens (tertiary/aromatic N) is 3. The lowest BCUT2D eigenvalue weighted by atomic mass is 10.0. The maximum atomic E-state index is 12.2. The fourth-order valence-electron chi connectivity index (χ4n) is 5.40. The molecule has 0 radical (unpaired) electrons. The molecule has 0 saturated heterocycles. The van der Waals surface area contributed by atoms with Crippen molar-refractivity contribution in [2.45, 2.75) is 88.4 Å². The van der Waals surface area contributed by atoms with Crippen LogP contribution in [0.3, 0.4) is 0 Å². The van der Waals surface area contributed by atoms with Crippen molar-refractivity contribution in [1.29, 1.82) is 0 Å². The third kappa shape index (κ3) is 7.00. The molecule has 2 aromatic rings. The van der Waals surface area contributed by atoms with Crippen LogP contribution in [-0.4, -0.2) is 73.7 Å². The van der Waals surface area contributed by atoms with Gasteiger partial charge >= 0.3 is 16.3 Å². The van der Waals surface area contributed by atoms with E-state index in [0.717, 1.165) is 12.0 Å². The number of carboxylic acid groups (broad SMARTS) is 1. The highest BCUT2D eigenvalue weighted by atomic mass is 32.2. The zero-order chi connectivity index (χ0) is 30.2. The third-order valence-electron chi connectivity index (χ3n) is 8.47. The van der Waals surface area contributed by atoms with Gasteiger partial charge in [0.15, 0.2) is 8.32 Å². The Morgan fingerprint density at radius 1 is 1.27 bits per heavy atom. The number of hydrogen-bond donors (Lipinski definition) is 3. The minimum Gasteiger partial charge on any atom is -0.474 e. The summed E-state index contributed by atoms with van der Waals surface area (Å²) >= 11 is 0. The summed E-state index contributed by atoms with van der Waals surface area (Å²) < 4.78 is 43.3. The van der Waals surface area contributed by atoms with Gasteiger partial charge in [0.05, 0.1) is 24.3 Å². The SMILES string of the molecule is CO[C@H]1Cc2ccccc2[C@H]1Nc1cc(OC2CCC(CN(C(=O)O)S(N)(=O)=O)(O[Si](C)(C)C(C)(C)C)C2)ncn1. The van der Waals surface area contributed by atoms with Gasteiger partial charge in [-0.05, 0) is 42.1 Å². The Morgan fingerprint density at radius 2 is 1.98 bits per heavy atom. The number of benzene rings is 1. The van der Waals surface area contributed by atoms with Crippen LogP contribution in [0.5, 0.6) is 5.88 Å². The lowest BCUT2D eigenvalue weighted by Gasteiger charge is -2.45. The van der Waals surface area contributed by atoms with Gasteiger partial charge in [-0.25, -0.2) is 19.9 Å². The maximum absolute atomic E-state index is 12.2. The highest BCUT2D eigenvalue weighted by Gasteiger charge is 2.51. The molecule has 1 fully saturated rings. The third-order valence-corrected chi connectivity index (χ3v) is 13.9. The van der Waals surface area contributed by atoms with E-state index >= 15 is 0 Å². The maximum Gasteiger partial charge on any atom is 0.422 e. The molecule has 1 amide bonds. The predicted molar refractivity (Wildman–Crippen MR) is 156 cm³/mol. The number of rotatable bonds is 10. The quantitative estimate of drug-likeness (QED) is 0.335. The van der Waals surface area contributed by atoms with E-state index in [1.165, 1.54) is 11.9 Å². The second kappa shape index (κ2) is 11.5. The lowest BCUT2D eigenvalue weighted by Crippen LogP contribution is -2.56. The first-order valence-corrected chi connectivity index (χ1v) is 18.0. The Labute approximate surface area is 242 Å². The summed E-state index contributed by atoms with van der Waals surface area (Å²) in [5.74, 6) is 0.921. The minimum atomic E-state index is -4.51. The Hall–Kier alpha value is -2.78. The minimum absolute atomic E-state index is 0.0503. The van der Waals surface area contributed by atoms with E-state index in [0.29, 0.717) is 24.5 Å². The largest absolute Gasteiger partial charge is 0.474 e. The van der Waals surface area contributed by atoms with Crippen molar-refractivity contribution in [3.05, 3.63) is 47.8 Å². The molecule has 1 heterocycles. The van der Waals surface area contributed by atoms with Gasteiger partial charge in [-0.1, -0.05) is 45.0 Å². The molecule has 2 aliphatic rings. The molecule has 41 heavy (non-hydrogen) atoms. The van der Waals surface area contributed by atoms with E-state index in [1.54, 1.807) is 13.2 Å². The number of methoxy groups -OCH3 is 1. The zero-order valence-corrected chi connectivity index (χ0v) is 26.3. The Bertz CT molecular complexity index is 1370. The highest BCUT2D eigenvalue weighted by Crippen LogP contribution is 2.45. The van der Waals surface area contributed by atoms with Crippen molar-refractivity contribution in [3.63, 3.8) is 0 Å². The van der Waals surface area contributed by atoms with Crippen LogP contribution in [0.2, 0.25) is 18.1 Å². The zero-order valence-electron chi connectivity index (χ0n) is 24.5. The molecule has 1 aromatic carbocycles. The average Bonchev–Trinajstić information content (AvgIpc) is 3.42. The van der Waals surface area contributed by atoms with E-state index in [2.05, 4.69) is 48.2 Å². The van der Waals surface area contributed by atoms with Crippen LogP contribution in [0.1, 0.15) is 57.2 Å². The number of ether oxygens (including phenoxy) is 2. The second-order valence-electron chi connectivity index (χ2n) is 12.4. The molecule has 2 unspecified atom stereocenters. The monoisotopic (exact) mass is 607 g/mol. The van der Waals surface area contributed by atoms with Gasteiger partial charge in [0.2, 0.25) is 5.88 Å². The van der Waals surface area contributed by atoms with E-state index < -0.39 is 42.9 Å². The van der Waals surface area contributed by atoms with E-state index in [4.69, 9.17) is 19.0 Å². The van der Waals surface area contributed by atoms with Crippen LogP contribution in [0.15, 0.2) is 36.7 Å². The van der Waals surface area contributed by atoms with Gasteiger partial charge in [-0.15, -0.1) is 0 Å². The van der Waals surface area contributed by atoms with Gasteiger partial charge in [0.1, 0.15) is 18.2 Å². The smallest absolute Gasteiger partial charge is 0.422 e. The molecule has 4 N–H and O–H groups in total. The normalized spacial score (nSPS) is 24.6. The van der Waals surface area contributed by atoms with Crippen LogP contribution in [-0.2, 0) is 25.8 Å². The number of carbonyl (C=O) groups is 1. The molecule has 226 valence electrons. The van der Waals surface area contributed by atoms with Crippen LogP contribution in [0.4, 0.5) is 10.6 Å². The van der Waals surface area contributed by atoms with Gasteiger partial charge < -0.3 is 24.3 Å². The highest BCUT2D eigenvalue weighted by molar-refractivity contribution is 7.87. The first kappa shape index (κ1) is 31.2. The van der Waals surface area contributed by atoms with Gasteiger partial charge in [-0.2, -0.15) is 12.7 Å². The number of nitrogens with one attached hydrogen (secondary N) is 1. The number of hydrogen-bond acceptors (Lipinski definition) is 9. The predicted octanol–water partition coefficient (Wildman–Crippen LogP) is 4.08. The van der Waals surface area contributed by atoms with E-state index in [-0.39, 0.29) is 27.9 Å². The Morgan fingerprint density at radius 3 is 2.61 bits per heavy atom. The molecule has 1 aromatic heterocycles. The number of fused-ring (bicyclic) bond motifs is 1. The average molecular weight is 608 g/mol. The fourth-order valence-corrected chi connectivity index (χ4v) is 7.67. The molecule has 0 aliphatic heterocycles. The summed E-state index contributed by atoms with van der Waals surface area (Å²) in [6.45, 7) is 9.87. The van der Waals surface area contributed by atoms with Gasteiger partial charge in [-0.3, -0.25) is 0 Å². The summed E-state index contributed by atoms with van der Waals surface area (Å²) in [6, 6.07) is 9.82. The molecular formula is C27H41N5O7SSi. The van der Waals surface area contributed by atoms with Crippen molar-refractivity contribution < 1.29 is 32.2 Å². The molecule has 1 saturated carbocycles. The topological polar surface area (TPSA) is 166 Å². The second-order valence-corrected chi connectivity index (χ2v) is 18.6. The first-order valence-electron chi connectivity index (χ1n) is 13.6. The molecule has 12 nitrogen and oxygen atoms in total. The summed E-state index contributed by atoms with van der Waals surface area (Å²) in [6.07, 6.45) is 1.31. The van der Waals surface area contributed by atoms with Crippen LogP contribution < -0.4 is 15.2 Å². The van der Waals surface area contributed by atoms with Crippen molar-refractivity contribution in [3.8, 4) is 5.88 Å². The molecular weight excluding hydrogens is 566 g/mol. The summed E-state index contributed by atoms with van der Waals surface area (Å²) in [4.78, 5) is 20.5. The number of aromatic nitrogens is 2. The van der Waals surface area contributed by atoms with Crippen molar-refractivity contribution in [1.82, 2.24) is 14.3 Å². The molecule has 0 bridgehead atoms. The first-order chi connectivity index (χ1) is 19.0. The molecule has 4 atom stereocenters. The van der Waals surface area contributed by atoms with E-state index in [1.807, 2.05) is 25.2 Å². The molecule has 4 rings (SSSR count). The fraction of sp³-hybridized carbons (Fsp3) is 0.593. The number of anilines is 1. The molecule has 0 spiro atoms. The van der Waals surface area contributed by atoms with Crippen molar-refractivity contribution in [2.24, 2.45) is 5.14 Å². The lowest BCUT2D eigenvalue weighted by molar-refractivity contribution is 0.0304. The van der Waals surface area contributed by atoms with Crippen LogP contribution in [0.25, 0.3) is 0 Å². The Kier molecular flexibility index (Phi) is 8.72. The molecule has 14 heteroatoms.